The van der Waals surface area contributed by atoms with Crippen molar-refractivity contribution in [3.63, 3.8) is 0 Å². The fraction of sp³-hybridized carbons (Fsp3) is 0.778. The Kier molecular flexibility index (Phi) is 9.95. The van der Waals surface area contributed by atoms with Crippen molar-refractivity contribution in [2.75, 3.05) is 63.4 Å². The summed E-state index contributed by atoms with van der Waals surface area (Å²) in [6.07, 6.45) is 1.40. The third-order valence-corrected chi connectivity index (χ3v) is 3.87. The first kappa shape index (κ1) is 23.0. The van der Waals surface area contributed by atoms with Gasteiger partial charge in [-0.25, -0.2) is 9.97 Å². The van der Waals surface area contributed by atoms with E-state index < -0.39 is 0 Å². The van der Waals surface area contributed by atoms with Gasteiger partial charge in [0.25, 0.3) is 0 Å². The Hall–Kier alpha value is -2.00. The number of nitro groups is 1. The highest BCUT2D eigenvalue weighted by molar-refractivity contribution is 5.71. The van der Waals surface area contributed by atoms with Gasteiger partial charge in [0.1, 0.15) is 6.33 Å². The molecule has 0 aliphatic heterocycles. The Morgan fingerprint density at radius 1 is 0.963 bits per heavy atom. The van der Waals surface area contributed by atoms with E-state index in [1.165, 1.54) is 6.33 Å². The van der Waals surface area contributed by atoms with E-state index in [9.17, 15) is 10.1 Å². The molecule has 0 radical (unpaired) electrons. The lowest BCUT2D eigenvalue weighted by molar-refractivity contribution is -0.383. The molecule has 1 rings (SSSR count). The molecule has 0 saturated heterocycles. The highest BCUT2D eigenvalue weighted by Crippen LogP contribution is 2.34. The van der Waals surface area contributed by atoms with E-state index >= 15 is 0 Å². The van der Waals surface area contributed by atoms with Crippen molar-refractivity contribution in [3.8, 4) is 0 Å². The van der Waals surface area contributed by atoms with Gasteiger partial charge in [-0.3, -0.25) is 10.1 Å². The molecule has 1 heterocycles. The largest absolute Gasteiger partial charge is 0.383 e. The van der Waals surface area contributed by atoms with Gasteiger partial charge in [0, 0.05) is 40.4 Å². The molecule has 9 nitrogen and oxygen atoms in total. The Labute approximate surface area is 161 Å². The van der Waals surface area contributed by atoms with Gasteiger partial charge in [0.15, 0.2) is 0 Å². The molecule has 1 aromatic heterocycles. The average Bonchev–Trinajstić information content (AvgIpc) is 2.59. The van der Waals surface area contributed by atoms with Crippen LogP contribution in [0, 0.1) is 22.0 Å². The number of methoxy groups -OCH3 is 2. The van der Waals surface area contributed by atoms with E-state index in [0.29, 0.717) is 62.9 Å². The molecule has 0 atom stereocenters. The molecule has 1 aromatic rings. The van der Waals surface area contributed by atoms with Crippen LogP contribution in [0.25, 0.3) is 0 Å². The third-order valence-electron chi connectivity index (χ3n) is 3.87. The molecule has 0 N–H and O–H groups in total. The molecule has 9 heteroatoms. The highest BCUT2D eigenvalue weighted by atomic mass is 16.6. The number of hydrogen-bond acceptors (Lipinski definition) is 8. The molecule has 0 spiro atoms. The predicted molar refractivity (Wildman–Crippen MR) is 107 cm³/mol. The standard InChI is InChI=1S/C18H33N5O4/c1-14(2)11-22(12-15(3)4)18-16(23(24)25)17(19-13-20-18)21(7-9-26-5)8-10-27-6/h13-15H,7-12H2,1-6H3. The average molecular weight is 383 g/mol. The van der Waals surface area contributed by atoms with Crippen molar-refractivity contribution in [3.05, 3.63) is 16.4 Å². The number of aromatic nitrogens is 2. The maximum absolute atomic E-state index is 12.0. The van der Waals surface area contributed by atoms with Crippen LogP contribution in [-0.4, -0.2) is 68.5 Å². The molecule has 0 aliphatic rings. The van der Waals surface area contributed by atoms with Crippen molar-refractivity contribution in [2.24, 2.45) is 11.8 Å². The van der Waals surface area contributed by atoms with Crippen molar-refractivity contribution >= 4 is 17.3 Å². The zero-order chi connectivity index (χ0) is 20.4. The van der Waals surface area contributed by atoms with Gasteiger partial charge in [-0.05, 0) is 11.8 Å². The monoisotopic (exact) mass is 383 g/mol. The first-order chi connectivity index (χ1) is 12.8. The molecule has 0 aromatic carbocycles. The number of nitrogens with zero attached hydrogens (tertiary/aromatic N) is 5. The highest BCUT2D eigenvalue weighted by Gasteiger charge is 2.30. The second-order valence-electron chi connectivity index (χ2n) is 7.29. The molecule has 154 valence electrons. The number of anilines is 2. The first-order valence-corrected chi connectivity index (χ1v) is 9.28. The summed E-state index contributed by atoms with van der Waals surface area (Å²) in [7, 11) is 3.20. The Balaban J connectivity index is 3.39. The Bertz CT molecular complexity index is 565. The molecular formula is C18H33N5O4. The van der Waals surface area contributed by atoms with Crippen LogP contribution in [0.1, 0.15) is 27.7 Å². The Morgan fingerprint density at radius 3 is 1.78 bits per heavy atom. The molecule has 0 amide bonds. The second-order valence-corrected chi connectivity index (χ2v) is 7.29. The van der Waals surface area contributed by atoms with Gasteiger partial charge in [-0.2, -0.15) is 0 Å². The predicted octanol–water partition coefficient (Wildman–Crippen LogP) is 2.60. The van der Waals surface area contributed by atoms with E-state index in [0.717, 1.165) is 0 Å². The quantitative estimate of drug-likeness (QED) is 0.379. The third kappa shape index (κ3) is 7.26. The number of rotatable bonds is 13. The lowest BCUT2D eigenvalue weighted by atomic mass is 10.1. The van der Waals surface area contributed by atoms with E-state index in [1.54, 1.807) is 14.2 Å². The summed E-state index contributed by atoms with van der Waals surface area (Å²) in [5.74, 6) is 1.36. The minimum absolute atomic E-state index is 0.0639. The van der Waals surface area contributed by atoms with Crippen molar-refractivity contribution in [1.29, 1.82) is 0 Å². The van der Waals surface area contributed by atoms with Gasteiger partial charge in [0.2, 0.25) is 11.6 Å². The molecule has 0 fully saturated rings. The van der Waals surface area contributed by atoms with Crippen LogP contribution in [0.2, 0.25) is 0 Å². The molecule has 0 saturated carbocycles. The van der Waals surface area contributed by atoms with Crippen molar-refractivity contribution < 1.29 is 14.4 Å². The van der Waals surface area contributed by atoms with E-state index in [4.69, 9.17) is 9.47 Å². The summed E-state index contributed by atoms with van der Waals surface area (Å²) in [5, 5.41) is 12.0. The van der Waals surface area contributed by atoms with Gasteiger partial charge in [-0.1, -0.05) is 27.7 Å². The molecule has 0 bridgehead atoms. The van der Waals surface area contributed by atoms with Crippen LogP contribution in [0.3, 0.4) is 0 Å². The summed E-state index contributed by atoms with van der Waals surface area (Å²) in [4.78, 5) is 23.9. The first-order valence-electron chi connectivity index (χ1n) is 9.28. The van der Waals surface area contributed by atoms with Gasteiger partial charge in [0.05, 0.1) is 18.1 Å². The fourth-order valence-corrected chi connectivity index (χ4v) is 2.84. The molecule has 27 heavy (non-hydrogen) atoms. The van der Waals surface area contributed by atoms with Gasteiger partial charge in [-0.15, -0.1) is 0 Å². The SMILES string of the molecule is COCCN(CCOC)c1ncnc(N(CC(C)C)CC(C)C)c1[N+](=O)[O-]. The maximum atomic E-state index is 12.0. The van der Waals surface area contributed by atoms with E-state index in [2.05, 4.69) is 37.7 Å². The van der Waals surface area contributed by atoms with Gasteiger partial charge >= 0.3 is 5.69 Å². The zero-order valence-corrected chi connectivity index (χ0v) is 17.3. The summed E-state index contributed by atoms with van der Waals surface area (Å²) in [6.45, 7) is 11.5. The minimum Gasteiger partial charge on any atom is -0.383 e. The van der Waals surface area contributed by atoms with Crippen molar-refractivity contribution in [1.82, 2.24) is 9.97 Å². The smallest absolute Gasteiger partial charge is 0.353 e. The minimum atomic E-state index is -0.384. The zero-order valence-electron chi connectivity index (χ0n) is 17.3. The van der Waals surface area contributed by atoms with Crippen molar-refractivity contribution in [2.45, 2.75) is 27.7 Å². The summed E-state index contributed by atoms with van der Waals surface area (Å²) < 4.78 is 10.3. The molecular weight excluding hydrogens is 350 g/mol. The van der Waals surface area contributed by atoms with Crippen LogP contribution in [-0.2, 0) is 9.47 Å². The van der Waals surface area contributed by atoms with Crippen LogP contribution < -0.4 is 9.80 Å². The Morgan fingerprint density at radius 2 is 1.41 bits per heavy atom. The van der Waals surface area contributed by atoms with E-state index in [1.807, 2.05) is 9.80 Å². The second kappa shape index (κ2) is 11.7. The lowest BCUT2D eigenvalue weighted by Crippen LogP contribution is -2.35. The molecule has 0 unspecified atom stereocenters. The van der Waals surface area contributed by atoms with Crippen LogP contribution in [0.15, 0.2) is 6.33 Å². The summed E-state index contributed by atoms with van der Waals surface area (Å²) in [5.41, 5.74) is -0.0639. The lowest BCUT2D eigenvalue weighted by Gasteiger charge is -2.29. The number of hydrogen-bond donors (Lipinski definition) is 0. The topological polar surface area (TPSA) is 93.9 Å². The number of ether oxygens (including phenoxy) is 2. The van der Waals surface area contributed by atoms with Gasteiger partial charge < -0.3 is 19.3 Å². The van der Waals surface area contributed by atoms with Crippen LogP contribution in [0.5, 0.6) is 0 Å². The van der Waals surface area contributed by atoms with Crippen LogP contribution in [0.4, 0.5) is 17.3 Å². The summed E-state index contributed by atoms with van der Waals surface area (Å²) >= 11 is 0. The maximum Gasteiger partial charge on any atom is 0.353 e. The fourth-order valence-electron chi connectivity index (χ4n) is 2.84. The normalized spacial score (nSPS) is 11.3. The summed E-state index contributed by atoms with van der Waals surface area (Å²) in [6, 6.07) is 0. The van der Waals surface area contributed by atoms with Crippen LogP contribution >= 0.6 is 0 Å². The van der Waals surface area contributed by atoms with E-state index in [-0.39, 0.29) is 10.6 Å². The molecule has 0 aliphatic carbocycles.